The molecular weight excluding hydrogens is 131 g/mol. The molecule has 0 saturated heterocycles. The van der Waals surface area contributed by atoms with Crippen LogP contribution >= 0.6 is 0 Å². The summed E-state index contributed by atoms with van der Waals surface area (Å²) in [6, 6.07) is 0. The first-order valence-electron chi connectivity index (χ1n) is 3.57. The highest BCUT2D eigenvalue weighted by atomic mass is 19.2. The number of rotatable bonds is 1. The second kappa shape index (κ2) is 2.50. The number of aliphatic hydroxyl groups is 1. The third kappa shape index (κ3) is 2.65. The van der Waals surface area contributed by atoms with Gasteiger partial charge in [-0.15, -0.1) is 0 Å². The fourth-order valence-electron chi connectivity index (χ4n) is 0.790. The maximum Gasteiger partial charge on any atom is 0.206 e. The van der Waals surface area contributed by atoms with Gasteiger partial charge in [0, 0.05) is 5.92 Å². The van der Waals surface area contributed by atoms with Gasteiger partial charge in [-0.05, 0) is 12.3 Å². The van der Waals surface area contributed by atoms with E-state index in [1.54, 1.807) is 6.92 Å². The summed E-state index contributed by atoms with van der Waals surface area (Å²) in [5.41, 5.74) is -0.182. The smallest absolute Gasteiger partial charge is 0.206 e. The summed E-state index contributed by atoms with van der Waals surface area (Å²) in [6.45, 7) is 8.63. The summed E-state index contributed by atoms with van der Waals surface area (Å²) in [5.74, 6) is -2.40. The molecule has 0 spiro atoms. The molecule has 2 atom stereocenters. The molecule has 0 rings (SSSR count). The van der Waals surface area contributed by atoms with Crippen LogP contribution in [0.3, 0.4) is 0 Å². The Morgan fingerprint density at radius 2 is 1.50 bits per heavy atom. The van der Waals surface area contributed by atoms with Crippen molar-refractivity contribution in [1.29, 1.82) is 0 Å². The Balaban J connectivity index is 4.23. The summed E-state index contributed by atoms with van der Waals surface area (Å²) in [7, 11) is 0. The lowest BCUT2D eigenvalue weighted by molar-refractivity contribution is -0.142. The maximum absolute atomic E-state index is 12.8. The van der Waals surface area contributed by atoms with Crippen molar-refractivity contribution in [2.45, 2.75) is 40.5 Å². The Kier molecular flexibility index (Phi) is 2.47. The van der Waals surface area contributed by atoms with Crippen LogP contribution in [-0.2, 0) is 0 Å². The maximum atomic E-state index is 12.8. The zero-order valence-electron chi connectivity index (χ0n) is 7.40. The predicted molar refractivity (Wildman–Crippen MR) is 40.4 cm³/mol. The van der Waals surface area contributed by atoms with Crippen molar-refractivity contribution in [2.24, 2.45) is 11.3 Å². The summed E-state index contributed by atoms with van der Waals surface area (Å²) in [5, 5.41) is 8.96. The highest BCUT2D eigenvalue weighted by Gasteiger charge is 2.36. The van der Waals surface area contributed by atoms with Gasteiger partial charge in [-0.2, -0.15) is 0 Å². The summed E-state index contributed by atoms with van der Waals surface area (Å²) in [4.78, 5) is 0. The van der Waals surface area contributed by atoms with Crippen LogP contribution in [0, 0.1) is 11.3 Å². The molecule has 0 aromatic rings. The average molecular weight is 148 g/mol. The molecule has 10 heavy (non-hydrogen) atoms. The minimum absolute atomic E-state index is 0.182. The van der Waals surface area contributed by atoms with Gasteiger partial charge in [-0.3, -0.25) is 0 Å². The second-order valence-corrected chi connectivity index (χ2v) is 4.11. The first-order valence-corrected chi connectivity index (χ1v) is 3.57. The number of hydrogen-bond donors (Lipinski definition) is 1. The molecule has 0 aromatic carbocycles. The van der Waals surface area contributed by atoms with Crippen molar-refractivity contribution < 1.29 is 9.50 Å². The molecule has 1 N–H and O–H groups in total. The van der Waals surface area contributed by atoms with Crippen LogP contribution in [0.5, 0.6) is 0 Å². The van der Waals surface area contributed by atoms with Crippen molar-refractivity contribution in [3.63, 3.8) is 0 Å². The van der Waals surface area contributed by atoms with Crippen molar-refractivity contribution in [1.82, 2.24) is 0 Å². The van der Waals surface area contributed by atoms with Gasteiger partial charge in [-0.25, -0.2) is 4.39 Å². The van der Waals surface area contributed by atoms with Crippen molar-refractivity contribution in [3.05, 3.63) is 0 Å². The molecule has 0 bridgehead atoms. The zero-order valence-corrected chi connectivity index (χ0v) is 7.40. The van der Waals surface area contributed by atoms with Gasteiger partial charge in [-0.1, -0.05) is 27.7 Å². The predicted octanol–water partition coefficient (Wildman–Crippen LogP) is 2.35. The van der Waals surface area contributed by atoms with Gasteiger partial charge < -0.3 is 5.11 Å². The third-order valence-electron chi connectivity index (χ3n) is 2.09. The van der Waals surface area contributed by atoms with E-state index in [1.165, 1.54) is 6.92 Å². The normalized spacial score (nSPS) is 21.9. The molecule has 0 aliphatic rings. The number of alkyl halides is 1. The molecule has 0 saturated carbocycles. The minimum Gasteiger partial charge on any atom is -0.362 e. The van der Waals surface area contributed by atoms with Gasteiger partial charge in [0.1, 0.15) is 0 Å². The quantitative estimate of drug-likeness (QED) is 0.605. The van der Waals surface area contributed by atoms with E-state index in [0.29, 0.717) is 0 Å². The molecule has 0 aromatic heterocycles. The van der Waals surface area contributed by atoms with Crippen molar-refractivity contribution in [2.75, 3.05) is 0 Å². The van der Waals surface area contributed by atoms with Crippen LogP contribution in [0.4, 0.5) is 4.39 Å². The lowest BCUT2D eigenvalue weighted by Crippen LogP contribution is -2.36. The van der Waals surface area contributed by atoms with Crippen molar-refractivity contribution >= 4 is 0 Å². The van der Waals surface area contributed by atoms with Gasteiger partial charge in [0.15, 0.2) is 0 Å². The first kappa shape index (κ1) is 9.89. The van der Waals surface area contributed by atoms with E-state index in [1.807, 2.05) is 20.8 Å². The summed E-state index contributed by atoms with van der Waals surface area (Å²) in [6.07, 6.45) is 0. The van der Waals surface area contributed by atoms with E-state index in [-0.39, 0.29) is 11.3 Å². The SMILES string of the molecule is C[C@H](C(C)(C)C)[C@](C)(O)F. The Morgan fingerprint density at radius 1 is 1.20 bits per heavy atom. The molecule has 0 fully saturated rings. The molecule has 0 aliphatic heterocycles. The second-order valence-electron chi connectivity index (χ2n) is 4.11. The largest absolute Gasteiger partial charge is 0.362 e. The Morgan fingerprint density at radius 3 is 1.50 bits per heavy atom. The fourth-order valence-corrected chi connectivity index (χ4v) is 0.790. The average Bonchev–Trinajstić information content (AvgIpc) is 1.59. The van der Waals surface area contributed by atoms with Crippen LogP contribution in [0.15, 0.2) is 0 Å². The third-order valence-corrected chi connectivity index (χ3v) is 2.09. The molecule has 0 aliphatic carbocycles. The first-order chi connectivity index (χ1) is 4.15. The highest BCUT2D eigenvalue weighted by molar-refractivity contribution is 4.78. The fraction of sp³-hybridized carbons (Fsp3) is 1.00. The van der Waals surface area contributed by atoms with E-state index >= 15 is 0 Å². The topological polar surface area (TPSA) is 20.2 Å². The summed E-state index contributed by atoms with van der Waals surface area (Å²) < 4.78 is 12.8. The monoisotopic (exact) mass is 148 g/mol. The minimum atomic E-state index is -2.06. The standard InChI is InChI=1S/C8H17FO/c1-6(7(2,3)4)8(5,9)10/h6,10H,1-5H3/t6-,8+/m1/s1. The Hall–Kier alpha value is -0.110. The van der Waals surface area contributed by atoms with Gasteiger partial charge in [0.2, 0.25) is 5.85 Å². The van der Waals surface area contributed by atoms with Gasteiger partial charge >= 0.3 is 0 Å². The summed E-state index contributed by atoms with van der Waals surface area (Å²) >= 11 is 0. The molecule has 2 heteroatoms. The van der Waals surface area contributed by atoms with Crippen LogP contribution in [0.2, 0.25) is 0 Å². The van der Waals surface area contributed by atoms with E-state index in [0.717, 1.165) is 0 Å². The Labute approximate surface area is 62.3 Å². The van der Waals surface area contributed by atoms with Crippen molar-refractivity contribution in [3.8, 4) is 0 Å². The molecule has 0 amide bonds. The molecular formula is C8H17FO. The van der Waals surface area contributed by atoms with E-state index in [9.17, 15) is 4.39 Å². The van der Waals surface area contributed by atoms with E-state index < -0.39 is 5.85 Å². The van der Waals surface area contributed by atoms with E-state index in [2.05, 4.69) is 0 Å². The molecule has 0 radical (unpaired) electrons. The highest BCUT2D eigenvalue weighted by Crippen LogP contribution is 2.34. The lowest BCUT2D eigenvalue weighted by atomic mass is 9.78. The van der Waals surface area contributed by atoms with Gasteiger partial charge in [0.05, 0.1) is 0 Å². The number of halogens is 1. The van der Waals surface area contributed by atoms with E-state index in [4.69, 9.17) is 5.11 Å². The molecule has 0 unspecified atom stereocenters. The Bertz CT molecular complexity index is 93.4. The van der Waals surface area contributed by atoms with Crippen LogP contribution in [-0.4, -0.2) is 11.0 Å². The van der Waals surface area contributed by atoms with Crippen LogP contribution in [0.25, 0.3) is 0 Å². The van der Waals surface area contributed by atoms with Crippen LogP contribution < -0.4 is 0 Å². The zero-order chi connectivity index (χ0) is 8.58. The molecule has 62 valence electrons. The van der Waals surface area contributed by atoms with Gasteiger partial charge in [0.25, 0.3) is 0 Å². The number of hydrogen-bond acceptors (Lipinski definition) is 1. The molecule has 0 heterocycles. The van der Waals surface area contributed by atoms with Crippen LogP contribution in [0.1, 0.15) is 34.6 Å². The molecule has 1 nitrogen and oxygen atoms in total. The lowest BCUT2D eigenvalue weighted by Gasteiger charge is -2.33.